The second-order valence-corrected chi connectivity index (χ2v) is 17.8. The Balaban J connectivity index is 1.35. The number of likely N-dealkylation sites (tertiary alicyclic amines) is 1. The normalized spacial score (nSPS) is 16.9. The number of unbranched alkanes of at least 4 members (excludes halogenated alkanes) is 1. The summed E-state index contributed by atoms with van der Waals surface area (Å²) in [4.78, 5) is 107. The van der Waals surface area contributed by atoms with Gasteiger partial charge in [-0.25, -0.2) is 14.4 Å². The van der Waals surface area contributed by atoms with Gasteiger partial charge in [-0.15, -0.1) is 0 Å². The number of carbonyl (C=O) groups is 8. The predicted molar refractivity (Wildman–Crippen MR) is 242 cm³/mol. The monoisotopic (exact) mass is 920 g/mol. The highest BCUT2D eigenvalue weighted by atomic mass is 16.6. The van der Waals surface area contributed by atoms with Gasteiger partial charge in [-0.2, -0.15) is 0 Å². The van der Waals surface area contributed by atoms with E-state index in [0.29, 0.717) is 19.3 Å². The van der Waals surface area contributed by atoms with Crippen LogP contribution in [0.2, 0.25) is 0 Å². The van der Waals surface area contributed by atoms with E-state index in [1.165, 1.54) is 18.7 Å². The van der Waals surface area contributed by atoms with Gasteiger partial charge in [0.15, 0.2) is 0 Å². The highest BCUT2D eigenvalue weighted by Gasteiger charge is 2.39. The minimum absolute atomic E-state index is 0.0114. The minimum atomic E-state index is -1.29. The lowest BCUT2D eigenvalue weighted by molar-refractivity contribution is -0.151. The summed E-state index contributed by atoms with van der Waals surface area (Å²) in [5.41, 5.74) is 0.748. The molecule has 66 heavy (non-hydrogen) atoms. The molecule has 1 aliphatic heterocycles. The highest BCUT2D eigenvalue weighted by molar-refractivity contribution is 5.96. The maximum absolute atomic E-state index is 14.1. The van der Waals surface area contributed by atoms with Crippen molar-refractivity contribution in [2.45, 2.75) is 167 Å². The van der Waals surface area contributed by atoms with Crippen molar-refractivity contribution in [3.63, 3.8) is 0 Å². The first-order chi connectivity index (χ1) is 31.5. The number of nitrogens with zero attached hydrogens (tertiary/aromatic N) is 1. The Bertz CT molecular complexity index is 1920. The Labute approximate surface area is 387 Å². The van der Waals surface area contributed by atoms with Gasteiger partial charge in [0, 0.05) is 19.5 Å². The van der Waals surface area contributed by atoms with E-state index in [0.717, 1.165) is 43.2 Å². The summed E-state index contributed by atoms with van der Waals surface area (Å²) >= 11 is 0. The van der Waals surface area contributed by atoms with Gasteiger partial charge in [0.05, 0.1) is 0 Å². The lowest BCUT2D eigenvalue weighted by Crippen LogP contribution is -2.58. The van der Waals surface area contributed by atoms with E-state index in [1.807, 2.05) is 36.4 Å². The Morgan fingerprint density at radius 2 is 1.30 bits per heavy atom. The van der Waals surface area contributed by atoms with E-state index >= 15 is 0 Å². The number of esters is 2. The molecule has 362 valence electrons. The Morgan fingerprint density at radius 3 is 1.94 bits per heavy atom. The second kappa shape index (κ2) is 26.7. The molecule has 1 saturated carbocycles. The van der Waals surface area contributed by atoms with Crippen LogP contribution >= 0.6 is 0 Å². The Morgan fingerprint density at radius 1 is 0.667 bits per heavy atom. The molecule has 4 rings (SSSR count). The number of ether oxygens (including phenoxy) is 4. The lowest BCUT2D eigenvalue weighted by atomic mass is 9.98. The summed E-state index contributed by atoms with van der Waals surface area (Å²) in [5.74, 6) is -3.86. The van der Waals surface area contributed by atoms with Crippen molar-refractivity contribution in [2.75, 3.05) is 13.1 Å². The van der Waals surface area contributed by atoms with Crippen molar-refractivity contribution in [1.82, 2.24) is 31.5 Å². The van der Waals surface area contributed by atoms with Crippen LogP contribution < -0.4 is 26.6 Å². The molecule has 5 atom stereocenters. The summed E-state index contributed by atoms with van der Waals surface area (Å²) in [6.07, 6.45) is 4.31. The summed E-state index contributed by atoms with van der Waals surface area (Å²) in [7, 11) is 0. The second-order valence-electron chi connectivity index (χ2n) is 17.8. The minimum Gasteiger partial charge on any atom is -0.462 e. The molecule has 18 nitrogen and oxygen atoms in total. The molecule has 0 spiro atoms. The van der Waals surface area contributed by atoms with E-state index in [2.05, 4.69) is 26.6 Å². The molecule has 18 heteroatoms. The molecule has 0 radical (unpaired) electrons. The van der Waals surface area contributed by atoms with E-state index in [-0.39, 0.29) is 58.1 Å². The van der Waals surface area contributed by atoms with Crippen LogP contribution in [0.25, 0.3) is 0 Å². The van der Waals surface area contributed by atoms with Gasteiger partial charge >= 0.3 is 24.1 Å². The van der Waals surface area contributed by atoms with Crippen LogP contribution in [0.3, 0.4) is 0 Å². The quantitative estimate of drug-likeness (QED) is 0.0605. The zero-order chi connectivity index (χ0) is 48.1. The molecule has 0 aromatic heterocycles. The van der Waals surface area contributed by atoms with Gasteiger partial charge in [0.25, 0.3) is 0 Å². The van der Waals surface area contributed by atoms with Crippen molar-refractivity contribution < 1.29 is 57.3 Å². The summed E-state index contributed by atoms with van der Waals surface area (Å²) < 4.78 is 21.7. The number of alkyl carbamates (subject to hydrolysis) is 2. The molecule has 1 aliphatic carbocycles. The molecule has 5 N–H and O–H groups in total. The third-order valence-electron chi connectivity index (χ3n) is 11.0. The van der Waals surface area contributed by atoms with Crippen LogP contribution in [-0.4, -0.2) is 108 Å². The number of nitrogens with one attached hydrogen (secondary N) is 5. The summed E-state index contributed by atoms with van der Waals surface area (Å²) in [6.45, 7) is 8.50. The molecule has 2 aromatic carbocycles. The van der Waals surface area contributed by atoms with Crippen molar-refractivity contribution in [1.29, 1.82) is 0 Å². The zero-order valence-electron chi connectivity index (χ0n) is 38.9. The van der Waals surface area contributed by atoms with Crippen LogP contribution in [0.1, 0.15) is 123 Å². The van der Waals surface area contributed by atoms with Gasteiger partial charge in [0.1, 0.15) is 55.1 Å². The van der Waals surface area contributed by atoms with Crippen molar-refractivity contribution in [2.24, 2.45) is 0 Å². The van der Waals surface area contributed by atoms with Gasteiger partial charge < -0.3 is 50.4 Å². The van der Waals surface area contributed by atoms with Crippen molar-refractivity contribution in [3.8, 4) is 0 Å². The number of hydrogen-bond acceptors (Lipinski definition) is 12. The van der Waals surface area contributed by atoms with Crippen LogP contribution in [0.5, 0.6) is 0 Å². The number of carbonyl (C=O) groups excluding carboxylic acids is 8. The van der Waals surface area contributed by atoms with Gasteiger partial charge in [0.2, 0.25) is 23.6 Å². The maximum Gasteiger partial charge on any atom is 0.408 e. The molecule has 1 heterocycles. The average Bonchev–Trinajstić information content (AvgIpc) is 3.79. The van der Waals surface area contributed by atoms with Gasteiger partial charge in [-0.3, -0.25) is 24.0 Å². The summed E-state index contributed by atoms with van der Waals surface area (Å²) in [6, 6.07) is 12.6. The summed E-state index contributed by atoms with van der Waals surface area (Å²) in [5, 5.41) is 13.2. The van der Waals surface area contributed by atoms with Crippen LogP contribution in [0, 0.1) is 0 Å². The van der Waals surface area contributed by atoms with E-state index in [1.54, 1.807) is 45.0 Å². The molecule has 2 aromatic rings. The molecule has 2 aliphatic rings. The first-order valence-corrected chi connectivity index (χ1v) is 23.0. The Hall–Kier alpha value is -6.20. The number of amides is 6. The predicted octanol–water partition coefficient (Wildman–Crippen LogP) is 4.86. The fourth-order valence-corrected chi connectivity index (χ4v) is 7.51. The first-order valence-electron chi connectivity index (χ1n) is 23.0. The van der Waals surface area contributed by atoms with Crippen molar-refractivity contribution in [3.05, 3.63) is 71.8 Å². The Kier molecular flexibility index (Phi) is 21.2. The van der Waals surface area contributed by atoms with Gasteiger partial charge in [-0.05, 0) is 110 Å². The highest BCUT2D eigenvalue weighted by Crippen LogP contribution is 2.22. The van der Waals surface area contributed by atoms with Crippen LogP contribution in [0.15, 0.2) is 60.7 Å². The number of benzene rings is 2. The van der Waals surface area contributed by atoms with E-state index < -0.39 is 83.6 Å². The number of rotatable bonds is 22. The van der Waals surface area contributed by atoms with E-state index in [4.69, 9.17) is 18.9 Å². The molecule has 6 amide bonds. The zero-order valence-corrected chi connectivity index (χ0v) is 38.9. The molecular weight excluding hydrogens is 853 g/mol. The lowest BCUT2D eigenvalue weighted by Gasteiger charge is -2.30. The smallest absolute Gasteiger partial charge is 0.408 e. The van der Waals surface area contributed by atoms with Crippen molar-refractivity contribution >= 4 is 47.8 Å². The fraction of sp³-hybridized carbons (Fsp3) is 0.583. The maximum atomic E-state index is 14.1. The average molecular weight is 921 g/mol. The first kappa shape index (κ1) is 52.4. The molecule has 0 bridgehead atoms. The standard InChI is InChI=1S/C48H68N6O12/c1-32(41(56)52-37(26-27-40(55)65-36-22-13-8-14-23-36)42(57)51-33(2)45(60)63-30-34-18-9-6-10-19-34)50-43(58)39-25-17-29-54(39)44(59)38(53-47(62)66-48(3,4)5)24-15-16-28-49-46(61)64-31-35-20-11-7-12-21-35/h6-7,9-12,18-21,32-33,36-39H,8,13-17,22-31H2,1-5H3,(H,49,61)(H,50,58)(H,51,57)(H,52,56)(H,53,62)/t32-,33-,37+,38+,39+/m1/s1. The topological polar surface area (TPSA) is 237 Å². The molecular formula is C48H68N6O12. The molecule has 1 saturated heterocycles. The third-order valence-corrected chi connectivity index (χ3v) is 11.0. The van der Waals surface area contributed by atoms with E-state index in [9.17, 15) is 38.4 Å². The largest absolute Gasteiger partial charge is 0.462 e. The van der Waals surface area contributed by atoms with Gasteiger partial charge in [-0.1, -0.05) is 67.1 Å². The molecule has 2 fully saturated rings. The fourth-order valence-electron chi connectivity index (χ4n) is 7.51. The SMILES string of the molecule is C[C@@H](NC(=O)[C@@H]1CCCN1C(=O)[C@H](CCCCNC(=O)OCc1ccccc1)NC(=O)OC(C)(C)C)C(=O)N[C@@H](CCC(=O)OC1CCCCC1)C(=O)N[C@H](C)C(=O)OCc1ccccc1. The number of hydrogen-bond donors (Lipinski definition) is 5. The van der Waals surface area contributed by atoms with Crippen LogP contribution in [0.4, 0.5) is 9.59 Å². The molecule has 0 unspecified atom stereocenters. The third kappa shape index (κ3) is 18.7. The van der Waals surface area contributed by atoms with Crippen LogP contribution in [-0.2, 0) is 60.9 Å².